The number of carbonyl (C=O) groups excluding carboxylic acids is 1. The van der Waals surface area contributed by atoms with E-state index < -0.39 is 18.0 Å². The molecule has 2 heterocycles. The molecule has 0 aliphatic carbocycles. The summed E-state index contributed by atoms with van der Waals surface area (Å²) >= 11 is 0. The van der Waals surface area contributed by atoms with Gasteiger partial charge in [0.15, 0.2) is 5.65 Å². The normalized spacial score (nSPS) is 11.7. The lowest BCUT2D eigenvalue weighted by Crippen LogP contribution is -2.16. The van der Waals surface area contributed by atoms with Crippen LogP contribution in [0.5, 0.6) is 0 Å². The molecule has 22 heavy (non-hydrogen) atoms. The number of nitrogens with one attached hydrogen (secondary N) is 1. The standard InChI is InChI=1S/C12H14F3N5O2/c1-6-7(2)10-17-18-11(12(13,14)15)20(10)19-9(6)16-5-4-8(21)22-3/h4-5H2,1-3H3,(H,16,19). The predicted molar refractivity (Wildman–Crippen MR) is 70.4 cm³/mol. The van der Waals surface area contributed by atoms with Gasteiger partial charge in [0.2, 0.25) is 0 Å². The molecule has 10 heteroatoms. The zero-order valence-corrected chi connectivity index (χ0v) is 12.2. The van der Waals surface area contributed by atoms with E-state index in [4.69, 9.17) is 0 Å². The van der Waals surface area contributed by atoms with Gasteiger partial charge in [-0.25, -0.2) is 0 Å². The Bertz CT molecular complexity index is 711. The van der Waals surface area contributed by atoms with Crippen LogP contribution in [0, 0.1) is 13.8 Å². The van der Waals surface area contributed by atoms with Gasteiger partial charge in [0, 0.05) is 12.1 Å². The molecule has 7 nitrogen and oxygen atoms in total. The van der Waals surface area contributed by atoms with Crippen LogP contribution in [0.15, 0.2) is 0 Å². The average Bonchev–Trinajstić information content (AvgIpc) is 2.87. The summed E-state index contributed by atoms with van der Waals surface area (Å²) in [5.74, 6) is -1.39. The molecular formula is C12H14F3N5O2. The van der Waals surface area contributed by atoms with Crippen molar-refractivity contribution in [2.24, 2.45) is 0 Å². The molecular weight excluding hydrogens is 303 g/mol. The van der Waals surface area contributed by atoms with Gasteiger partial charge in [0.05, 0.1) is 13.5 Å². The second-order valence-electron chi connectivity index (χ2n) is 4.61. The molecule has 120 valence electrons. The first-order valence-electron chi connectivity index (χ1n) is 6.36. The molecule has 0 bridgehead atoms. The van der Waals surface area contributed by atoms with Crippen molar-refractivity contribution in [3.63, 3.8) is 0 Å². The van der Waals surface area contributed by atoms with Crippen LogP contribution in [-0.2, 0) is 15.7 Å². The minimum absolute atomic E-state index is 0.0448. The zero-order chi connectivity index (χ0) is 16.5. The number of aryl methyl sites for hydroxylation is 1. The third kappa shape index (κ3) is 2.95. The van der Waals surface area contributed by atoms with Gasteiger partial charge < -0.3 is 10.1 Å². The number of hydrogen-bond acceptors (Lipinski definition) is 6. The quantitative estimate of drug-likeness (QED) is 0.865. The number of anilines is 1. The SMILES string of the molecule is COC(=O)CCNc1nn2c(C(F)(F)F)nnc2c(C)c1C. The Morgan fingerprint density at radius 3 is 2.55 bits per heavy atom. The monoisotopic (exact) mass is 317 g/mol. The molecule has 2 aromatic rings. The van der Waals surface area contributed by atoms with Crippen LogP contribution in [0.2, 0.25) is 0 Å². The number of methoxy groups -OCH3 is 1. The Hall–Kier alpha value is -2.39. The third-order valence-corrected chi connectivity index (χ3v) is 3.20. The Kier molecular flexibility index (Phi) is 4.20. The fraction of sp³-hybridized carbons (Fsp3) is 0.500. The second kappa shape index (κ2) is 5.78. The highest BCUT2D eigenvalue weighted by Crippen LogP contribution is 2.29. The first-order valence-corrected chi connectivity index (χ1v) is 6.36. The smallest absolute Gasteiger partial charge is 0.453 e. The molecule has 0 aliphatic rings. The molecule has 2 aromatic heterocycles. The molecule has 0 amide bonds. The lowest BCUT2D eigenvalue weighted by atomic mass is 10.2. The molecule has 0 aromatic carbocycles. The average molecular weight is 317 g/mol. The maximum absolute atomic E-state index is 12.9. The summed E-state index contributed by atoms with van der Waals surface area (Å²) in [4.78, 5) is 11.1. The van der Waals surface area contributed by atoms with Gasteiger partial charge in [0.25, 0.3) is 5.82 Å². The Balaban J connectivity index is 2.38. The van der Waals surface area contributed by atoms with Gasteiger partial charge in [-0.3, -0.25) is 4.79 Å². The number of aromatic nitrogens is 4. The van der Waals surface area contributed by atoms with Crippen LogP contribution in [0.25, 0.3) is 5.65 Å². The van der Waals surface area contributed by atoms with E-state index >= 15 is 0 Å². The van der Waals surface area contributed by atoms with Crippen molar-refractivity contribution in [2.75, 3.05) is 19.0 Å². The number of fused-ring (bicyclic) bond motifs is 1. The van der Waals surface area contributed by atoms with E-state index in [0.717, 1.165) is 0 Å². The van der Waals surface area contributed by atoms with E-state index in [-0.39, 0.29) is 24.4 Å². The van der Waals surface area contributed by atoms with Crippen LogP contribution in [0.1, 0.15) is 23.4 Å². The van der Waals surface area contributed by atoms with Crippen molar-refractivity contribution < 1.29 is 22.7 Å². The van der Waals surface area contributed by atoms with Crippen LogP contribution in [0.4, 0.5) is 19.0 Å². The maximum atomic E-state index is 12.9. The summed E-state index contributed by atoms with van der Waals surface area (Å²) in [6.45, 7) is 3.52. The zero-order valence-electron chi connectivity index (χ0n) is 12.2. The predicted octanol–water partition coefficient (Wildman–Crippen LogP) is 1.73. The summed E-state index contributed by atoms with van der Waals surface area (Å²) in [6.07, 6.45) is -4.58. The van der Waals surface area contributed by atoms with Crippen LogP contribution in [-0.4, -0.2) is 39.4 Å². The molecule has 1 N–H and O–H groups in total. The van der Waals surface area contributed by atoms with E-state index in [1.807, 2.05) is 0 Å². The molecule has 0 saturated carbocycles. The number of hydrogen-bond donors (Lipinski definition) is 1. The highest BCUT2D eigenvalue weighted by atomic mass is 19.4. The summed E-state index contributed by atoms with van der Waals surface area (Å²) in [5, 5.41) is 13.4. The van der Waals surface area contributed by atoms with Crippen molar-refractivity contribution in [1.29, 1.82) is 0 Å². The first-order chi connectivity index (χ1) is 10.3. The molecule has 0 saturated heterocycles. The lowest BCUT2D eigenvalue weighted by molar-refractivity contribution is -0.146. The second-order valence-corrected chi connectivity index (χ2v) is 4.61. The number of halogens is 3. The molecule has 0 fully saturated rings. The van der Waals surface area contributed by atoms with Gasteiger partial charge >= 0.3 is 12.1 Å². The number of rotatable bonds is 4. The summed E-state index contributed by atoms with van der Waals surface area (Å²) < 4.78 is 43.8. The largest absolute Gasteiger partial charge is 0.469 e. The number of alkyl halides is 3. The van der Waals surface area contributed by atoms with Gasteiger partial charge in [0.1, 0.15) is 5.82 Å². The van der Waals surface area contributed by atoms with Crippen LogP contribution in [0.3, 0.4) is 0 Å². The Morgan fingerprint density at radius 1 is 1.27 bits per heavy atom. The van der Waals surface area contributed by atoms with E-state index in [1.165, 1.54) is 7.11 Å². The van der Waals surface area contributed by atoms with E-state index in [0.29, 0.717) is 15.6 Å². The van der Waals surface area contributed by atoms with Crippen molar-refractivity contribution in [3.8, 4) is 0 Å². The van der Waals surface area contributed by atoms with Crippen molar-refractivity contribution in [2.45, 2.75) is 26.4 Å². The molecule has 0 unspecified atom stereocenters. The Morgan fingerprint density at radius 2 is 1.95 bits per heavy atom. The highest BCUT2D eigenvalue weighted by molar-refractivity contribution is 5.70. The van der Waals surface area contributed by atoms with Crippen LogP contribution >= 0.6 is 0 Å². The van der Waals surface area contributed by atoms with Crippen LogP contribution < -0.4 is 5.32 Å². The number of esters is 1. The van der Waals surface area contributed by atoms with E-state index in [9.17, 15) is 18.0 Å². The molecule has 0 aliphatic heterocycles. The van der Waals surface area contributed by atoms with Gasteiger partial charge in [-0.15, -0.1) is 15.3 Å². The summed E-state index contributed by atoms with van der Waals surface area (Å²) in [5.41, 5.74) is 1.21. The van der Waals surface area contributed by atoms with E-state index in [1.54, 1.807) is 13.8 Å². The number of ether oxygens (including phenoxy) is 1. The van der Waals surface area contributed by atoms with Crippen molar-refractivity contribution in [3.05, 3.63) is 17.0 Å². The topological polar surface area (TPSA) is 81.4 Å². The number of carbonyl (C=O) groups is 1. The molecule has 0 radical (unpaired) electrons. The minimum atomic E-state index is -4.66. The highest BCUT2D eigenvalue weighted by Gasteiger charge is 2.38. The third-order valence-electron chi connectivity index (χ3n) is 3.20. The lowest BCUT2D eigenvalue weighted by Gasteiger charge is -2.12. The fourth-order valence-electron chi connectivity index (χ4n) is 1.86. The maximum Gasteiger partial charge on any atom is 0.453 e. The number of nitrogens with zero attached hydrogens (tertiary/aromatic N) is 4. The molecule has 0 spiro atoms. The van der Waals surface area contributed by atoms with Gasteiger partial charge in [-0.1, -0.05) is 0 Å². The molecule has 2 rings (SSSR count). The summed E-state index contributed by atoms with van der Waals surface area (Å²) in [7, 11) is 1.26. The fourth-order valence-corrected chi connectivity index (χ4v) is 1.86. The van der Waals surface area contributed by atoms with Crippen molar-refractivity contribution in [1.82, 2.24) is 19.8 Å². The minimum Gasteiger partial charge on any atom is -0.469 e. The Labute approximate surface area is 123 Å². The van der Waals surface area contributed by atoms with Crippen molar-refractivity contribution >= 4 is 17.4 Å². The summed E-state index contributed by atoms with van der Waals surface area (Å²) in [6, 6.07) is 0. The van der Waals surface area contributed by atoms with Gasteiger partial charge in [-0.05, 0) is 19.4 Å². The first kappa shape index (κ1) is 16.0. The molecule has 0 atom stereocenters. The van der Waals surface area contributed by atoms with Gasteiger partial charge in [-0.2, -0.15) is 17.7 Å². The van der Waals surface area contributed by atoms with E-state index in [2.05, 4.69) is 25.3 Å².